The number of nitrogens with one attached hydrogen (secondary N) is 1. The second-order valence-electron chi connectivity index (χ2n) is 8.19. The largest absolute Gasteiger partial charge is 0.444 e. The Bertz CT molecular complexity index is 1030. The van der Waals surface area contributed by atoms with E-state index in [2.05, 4.69) is 33.8 Å². The summed E-state index contributed by atoms with van der Waals surface area (Å²) in [6.07, 6.45) is 3.24. The molecule has 0 saturated carbocycles. The Morgan fingerprint density at radius 2 is 2.10 bits per heavy atom. The quantitative estimate of drug-likeness (QED) is 0.707. The SMILES string of the molecule is CC1CCN(c2ccc(CN3CCc4nc(-c5cccs5)[nH]c(=O)c4C3)o2)CC1. The molecular weight excluding hydrogens is 384 g/mol. The van der Waals surface area contributed by atoms with Crippen LogP contribution in [0.1, 0.15) is 36.8 Å². The highest BCUT2D eigenvalue weighted by atomic mass is 32.1. The van der Waals surface area contributed by atoms with Crippen molar-refractivity contribution in [2.75, 3.05) is 24.5 Å². The number of hydrogen-bond acceptors (Lipinski definition) is 6. The van der Waals surface area contributed by atoms with E-state index in [9.17, 15) is 4.79 Å². The zero-order chi connectivity index (χ0) is 19.8. The van der Waals surface area contributed by atoms with Gasteiger partial charge in [-0.25, -0.2) is 4.98 Å². The minimum Gasteiger partial charge on any atom is -0.444 e. The van der Waals surface area contributed by atoms with E-state index in [-0.39, 0.29) is 5.56 Å². The summed E-state index contributed by atoms with van der Waals surface area (Å²) in [5.74, 6) is 3.43. The first-order chi connectivity index (χ1) is 14.2. The highest BCUT2D eigenvalue weighted by Gasteiger charge is 2.23. The number of anilines is 1. The van der Waals surface area contributed by atoms with Crippen LogP contribution in [0.5, 0.6) is 0 Å². The minimum absolute atomic E-state index is 0.0225. The lowest BCUT2D eigenvalue weighted by Crippen LogP contribution is -2.35. The average Bonchev–Trinajstić information content (AvgIpc) is 3.41. The normalized spacial score (nSPS) is 18.2. The lowest BCUT2D eigenvalue weighted by Gasteiger charge is -2.30. The van der Waals surface area contributed by atoms with Gasteiger partial charge in [-0.3, -0.25) is 9.69 Å². The number of fused-ring (bicyclic) bond motifs is 1. The molecule has 3 aromatic rings. The molecule has 2 aliphatic heterocycles. The number of nitrogens with zero attached hydrogens (tertiary/aromatic N) is 3. The van der Waals surface area contributed by atoms with Gasteiger partial charge in [0.2, 0.25) is 0 Å². The second-order valence-corrected chi connectivity index (χ2v) is 9.13. The Balaban J connectivity index is 1.28. The van der Waals surface area contributed by atoms with Gasteiger partial charge in [0.05, 0.1) is 22.7 Å². The fourth-order valence-electron chi connectivity index (χ4n) is 4.22. The average molecular weight is 411 g/mol. The molecule has 0 unspecified atom stereocenters. The summed E-state index contributed by atoms with van der Waals surface area (Å²) >= 11 is 1.59. The molecule has 7 heteroatoms. The van der Waals surface area contributed by atoms with E-state index in [0.717, 1.165) is 66.3 Å². The van der Waals surface area contributed by atoms with Gasteiger partial charge in [-0.2, -0.15) is 0 Å². The van der Waals surface area contributed by atoms with Gasteiger partial charge in [-0.1, -0.05) is 13.0 Å². The predicted octanol–water partition coefficient (Wildman–Crippen LogP) is 3.89. The number of hydrogen-bond donors (Lipinski definition) is 1. The molecule has 0 bridgehead atoms. The van der Waals surface area contributed by atoms with Crippen LogP contribution in [-0.4, -0.2) is 34.5 Å². The van der Waals surface area contributed by atoms with Gasteiger partial charge in [-0.15, -0.1) is 11.3 Å². The molecule has 5 heterocycles. The first-order valence-electron chi connectivity index (χ1n) is 10.4. The number of furan rings is 1. The van der Waals surface area contributed by atoms with Crippen molar-refractivity contribution in [2.24, 2.45) is 5.92 Å². The van der Waals surface area contributed by atoms with Gasteiger partial charge in [0.1, 0.15) is 5.76 Å². The van der Waals surface area contributed by atoms with Crippen LogP contribution in [-0.2, 0) is 19.5 Å². The van der Waals surface area contributed by atoms with Gasteiger partial charge >= 0.3 is 0 Å². The number of piperidine rings is 1. The molecule has 152 valence electrons. The number of thiophene rings is 1. The smallest absolute Gasteiger partial charge is 0.255 e. The molecule has 5 rings (SSSR count). The van der Waals surface area contributed by atoms with Crippen LogP contribution >= 0.6 is 11.3 Å². The highest BCUT2D eigenvalue weighted by Crippen LogP contribution is 2.27. The molecule has 0 atom stereocenters. The van der Waals surface area contributed by atoms with Crippen molar-refractivity contribution in [3.05, 3.63) is 57.0 Å². The monoisotopic (exact) mass is 410 g/mol. The van der Waals surface area contributed by atoms with Gasteiger partial charge < -0.3 is 14.3 Å². The van der Waals surface area contributed by atoms with Crippen molar-refractivity contribution in [1.82, 2.24) is 14.9 Å². The van der Waals surface area contributed by atoms with E-state index in [1.807, 2.05) is 17.5 Å². The maximum absolute atomic E-state index is 12.7. The molecule has 29 heavy (non-hydrogen) atoms. The third-order valence-electron chi connectivity index (χ3n) is 6.02. The molecule has 0 aromatic carbocycles. The summed E-state index contributed by atoms with van der Waals surface area (Å²) in [5, 5.41) is 2.00. The van der Waals surface area contributed by atoms with Crippen LogP contribution in [0, 0.1) is 5.92 Å². The summed E-state index contributed by atoms with van der Waals surface area (Å²) in [6.45, 7) is 6.66. The van der Waals surface area contributed by atoms with Crippen molar-refractivity contribution in [3.63, 3.8) is 0 Å². The van der Waals surface area contributed by atoms with E-state index in [0.29, 0.717) is 12.4 Å². The lowest BCUT2D eigenvalue weighted by atomic mass is 9.99. The zero-order valence-corrected chi connectivity index (χ0v) is 17.5. The Labute approximate surface area is 174 Å². The van der Waals surface area contributed by atoms with Crippen molar-refractivity contribution in [1.29, 1.82) is 0 Å². The Morgan fingerprint density at radius 1 is 1.24 bits per heavy atom. The maximum atomic E-state index is 12.7. The van der Waals surface area contributed by atoms with Crippen LogP contribution in [0.15, 0.2) is 38.9 Å². The van der Waals surface area contributed by atoms with Crippen molar-refractivity contribution < 1.29 is 4.42 Å². The Morgan fingerprint density at radius 3 is 2.90 bits per heavy atom. The van der Waals surface area contributed by atoms with Crippen molar-refractivity contribution >= 4 is 17.2 Å². The van der Waals surface area contributed by atoms with Crippen molar-refractivity contribution in [2.45, 2.75) is 39.3 Å². The van der Waals surface area contributed by atoms with E-state index >= 15 is 0 Å². The fraction of sp³-hybridized carbons (Fsp3) is 0.455. The summed E-state index contributed by atoms with van der Waals surface area (Å²) in [5.41, 5.74) is 1.69. The van der Waals surface area contributed by atoms with Crippen LogP contribution in [0.25, 0.3) is 10.7 Å². The summed E-state index contributed by atoms with van der Waals surface area (Å²) in [6, 6.07) is 8.13. The predicted molar refractivity (Wildman–Crippen MR) is 115 cm³/mol. The fourth-order valence-corrected chi connectivity index (χ4v) is 4.89. The molecule has 0 spiro atoms. The van der Waals surface area contributed by atoms with Gasteiger partial charge in [-0.05, 0) is 36.3 Å². The number of aromatic nitrogens is 2. The Kier molecular flexibility index (Phi) is 5.01. The third kappa shape index (κ3) is 3.89. The number of H-pyrrole nitrogens is 1. The summed E-state index contributed by atoms with van der Waals surface area (Å²) < 4.78 is 6.13. The molecule has 1 N–H and O–H groups in total. The van der Waals surface area contributed by atoms with Gasteiger partial charge in [0.15, 0.2) is 11.7 Å². The Hall–Kier alpha value is -2.38. The van der Waals surface area contributed by atoms with Crippen molar-refractivity contribution in [3.8, 4) is 10.7 Å². The molecular formula is C22H26N4O2S. The molecule has 1 fully saturated rings. The number of rotatable bonds is 4. The highest BCUT2D eigenvalue weighted by molar-refractivity contribution is 7.13. The van der Waals surface area contributed by atoms with Gasteiger partial charge in [0, 0.05) is 38.7 Å². The first kappa shape index (κ1) is 18.6. The van der Waals surface area contributed by atoms with E-state index in [1.165, 1.54) is 12.8 Å². The van der Waals surface area contributed by atoms with Gasteiger partial charge in [0.25, 0.3) is 5.56 Å². The standard InChI is InChI=1S/C22H26N4O2S/c1-15-6-10-26(11-7-15)20-5-4-16(28-20)13-25-9-8-18-17(14-25)22(27)24-21(23-18)19-3-2-12-29-19/h2-5,12,15H,6-11,13-14H2,1H3,(H,23,24,27). The first-order valence-corrected chi connectivity index (χ1v) is 11.3. The molecule has 0 amide bonds. The topological polar surface area (TPSA) is 65.4 Å². The number of aromatic amines is 1. The van der Waals surface area contributed by atoms with Crippen LogP contribution in [0.4, 0.5) is 5.88 Å². The van der Waals surface area contributed by atoms with Crippen LogP contribution in [0.2, 0.25) is 0 Å². The third-order valence-corrected chi connectivity index (χ3v) is 6.90. The summed E-state index contributed by atoms with van der Waals surface area (Å²) in [4.78, 5) is 26.0. The minimum atomic E-state index is -0.0225. The van der Waals surface area contributed by atoms with Crippen LogP contribution < -0.4 is 10.5 Å². The maximum Gasteiger partial charge on any atom is 0.255 e. The van der Waals surface area contributed by atoms with E-state index in [1.54, 1.807) is 11.3 Å². The lowest BCUT2D eigenvalue weighted by molar-refractivity contribution is 0.222. The second kappa shape index (κ2) is 7.80. The van der Waals surface area contributed by atoms with E-state index in [4.69, 9.17) is 9.40 Å². The molecule has 0 radical (unpaired) electrons. The summed E-state index contributed by atoms with van der Waals surface area (Å²) in [7, 11) is 0. The molecule has 2 aliphatic rings. The molecule has 0 aliphatic carbocycles. The molecule has 3 aromatic heterocycles. The van der Waals surface area contributed by atoms with E-state index < -0.39 is 0 Å². The molecule has 1 saturated heterocycles. The zero-order valence-electron chi connectivity index (χ0n) is 16.7. The van der Waals surface area contributed by atoms with Crippen LogP contribution in [0.3, 0.4) is 0 Å². The molecule has 6 nitrogen and oxygen atoms in total.